The third kappa shape index (κ3) is 4.05. The van der Waals surface area contributed by atoms with Gasteiger partial charge in [0.2, 0.25) is 0 Å². The summed E-state index contributed by atoms with van der Waals surface area (Å²) in [6, 6.07) is 19.0. The highest BCUT2D eigenvalue weighted by molar-refractivity contribution is 9.10. The summed E-state index contributed by atoms with van der Waals surface area (Å²) >= 11 is 3.44. The van der Waals surface area contributed by atoms with Crippen LogP contribution in [-0.4, -0.2) is 9.97 Å². The molecule has 6 heteroatoms. The molecule has 0 aliphatic heterocycles. The van der Waals surface area contributed by atoms with E-state index in [9.17, 15) is 0 Å². The van der Waals surface area contributed by atoms with E-state index in [-0.39, 0.29) is 0 Å². The Bertz CT molecular complexity index is 873. The molecule has 0 spiro atoms. The van der Waals surface area contributed by atoms with E-state index in [2.05, 4.69) is 42.6 Å². The molecular weight excluding hydrogens is 354 g/mol. The maximum Gasteiger partial charge on any atom is 0.135 e. The molecule has 0 unspecified atom stereocenters. The van der Waals surface area contributed by atoms with E-state index >= 15 is 0 Å². The molecule has 1 aromatic heterocycles. The minimum atomic E-state index is 0.594. The molecule has 0 bridgehead atoms. The summed E-state index contributed by atoms with van der Waals surface area (Å²) in [6.07, 6.45) is 1.48. The van der Waals surface area contributed by atoms with Gasteiger partial charge in [-0.05, 0) is 36.4 Å². The number of hydrogen-bond donors (Lipinski definition) is 2. The van der Waals surface area contributed by atoms with Gasteiger partial charge in [0, 0.05) is 21.9 Å². The minimum Gasteiger partial charge on any atom is -0.340 e. The third-order valence-corrected chi connectivity index (χ3v) is 3.52. The Balaban J connectivity index is 1.78. The van der Waals surface area contributed by atoms with Crippen LogP contribution in [0.15, 0.2) is 65.4 Å². The van der Waals surface area contributed by atoms with Crippen LogP contribution in [0.25, 0.3) is 0 Å². The number of rotatable bonds is 4. The van der Waals surface area contributed by atoms with Crippen LogP contribution >= 0.6 is 15.9 Å². The second-order valence-corrected chi connectivity index (χ2v) is 5.66. The Morgan fingerprint density at radius 1 is 0.870 bits per heavy atom. The Morgan fingerprint density at radius 3 is 2.17 bits per heavy atom. The first kappa shape index (κ1) is 15.0. The van der Waals surface area contributed by atoms with Gasteiger partial charge in [-0.3, -0.25) is 0 Å². The maximum absolute atomic E-state index is 8.94. The summed E-state index contributed by atoms with van der Waals surface area (Å²) < 4.78 is 0.989. The van der Waals surface area contributed by atoms with Crippen molar-refractivity contribution in [3.63, 3.8) is 0 Å². The molecule has 0 fully saturated rings. The lowest BCUT2D eigenvalue weighted by atomic mass is 10.2. The molecule has 0 saturated carbocycles. The highest BCUT2D eigenvalue weighted by Crippen LogP contribution is 2.21. The van der Waals surface area contributed by atoms with Crippen LogP contribution in [0.4, 0.5) is 23.0 Å². The van der Waals surface area contributed by atoms with Crippen molar-refractivity contribution in [2.75, 3.05) is 10.6 Å². The maximum atomic E-state index is 8.94. The average Bonchev–Trinajstić information content (AvgIpc) is 2.55. The van der Waals surface area contributed by atoms with E-state index in [1.54, 1.807) is 18.2 Å². The van der Waals surface area contributed by atoms with E-state index in [0.29, 0.717) is 17.2 Å². The summed E-state index contributed by atoms with van der Waals surface area (Å²) in [6.45, 7) is 0. The van der Waals surface area contributed by atoms with Crippen LogP contribution in [-0.2, 0) is 0 Å². The number of anilines is 4. The number of halogens is 1. The van der Waals surface area contributed by atoms with Crippen molar-refractivity contribution in [3.8, 4) is 6.07 Å². The summed E-state index contributed by atoms with van der Waals surface area (Å²) in [5.74, 6) is 1.32. The fraction of sp³-hybridized carbons (Fsp3) is 0. The zero-order valence-corrected chi connectivity index (χ0v) is 13.6. The molecule has 2 aromatic carbocycles. The van der Waals surface area contributed by atoms with Crippen LogP contribution in [0.2, 0.25) is 0 Å². The smallest absolute Gasteiger partial charge is 0.135 e. The lowest BCUT2D eigenvalue weighted by Crippen LogP contribution is -1.98. The monoisotopic (exact) mass is 365 g/mol. The first-order valence-electron chi connectivity index (χ1n) is 6.85. The van der Waals surface area contributed by atoms with Gasteiger partial charge < -0.3 is 10.6 Å². The largest absolute Gasteiger partial charge is 0.340 e. The molecule has 0 saturated heterocycles. The normalized spacial score (nSPS) is 9.91. The van der Waals surface area contributed by atoms with E-state index in [4.69, 9.17) is 5.26 Å². The van der Waals surface area contributed by atoms with Crippen LogP contribution in [0.5, 0.6) is 0 Å². The molecule has 0 amide bonds. The van der Waals surface area contributed by atoms with Crippen molar-refractivity contribution in [2.24, 2.45) is 0 Å². The Morgan fingerprint density at radius 2 is 1.52 bits per heavy atom. The highest BCUT2D eigenvalue weighted by Gasteiger charge is 2.02. The van der Waals surface area contributed by atoms with Crippen molar-refractivity contribution in [1.82, 2.24) is 9.97 Å². The summed E-state index contributed by atoms with van der Waals surface area (Å²) in [5, 5.41) is 15.3. The van der Waals surface area contributed by atoms with E-state index in [1.165, 1.54) is 6.33 Å². The van der Waals surface area contributed by atoms with Gasteiger partial charge in [-0.2, -0.15) is 5.26 Å². The van der Waals surface area contributed by atoms with Gasteiger partial charge in [-0.25, -0.2) is 9.97 Å². The predicted octanol–water partition coefficient (Wildman–Crippen LogP) is 4.60. The topological polar surface area (TPSA) is 73.6 Å². The molecule has 112 valence electrons. The number of benzene rings is 2. The number of nitrogens with one attached hydrogen (secondary N) is 2. The van der Waals surface area contributed by atoms with Crippen LogP contribution < -0.4 is 10.6 Å². The lowest BCUT2D eigenvalue weighted by Gasteiger charge is -2.09. The van der Waals surface area contributed by atoms with Crippen molar-refractivity contribution in [2.45, 2.75) is 0 Å². The Kier molecular flexibility index (Phi) is 4.50. The molecule has 0 aliphatic rings. The summed E-state index contributed by atoms with van der Waals surface area (Å²) in [5.41, 5.74) is 2.32. The van der Waals surface area contributed by atoms with Crippen molar-refractivity contribution in [1.29, 1.82) is 5.26 Å². The minimum absolute atomic E-state index is 0.594. The van der Waals surface area contributed by atoms with Crippen LogP contribution in [0, 0.1) is 11.3 Å². The van der Waals surface area contributed by atoms with Gasteiger partial charge in [0.25, 0.3) is 0 Å². The number of aromatic nitrogens is 2. The number of hydrogen-bond acceptors (Lipinski definition) is 5. The molecule has 0 aliphatic carbocycles. The van der Waals surface area contributed by atoms with Gasteiger partial charge >= 0.3 is 0 Å². The lowest BCUT2D eigenvalue weighted by molar-refractivity contribution is 1.17. The molecule has 23 heavy (non-hydrogen) atoms. The van der Waals surface area contributed by atoms with E-state index in [0.717, 1.165) is 15.8 Å². The summed E-state index contributed by atoms with van der Waals surface area (Å²) in [4.78, 5) is 8.40. The first-order valence-corrected chi connectivity index (χ1v) is 7.64. The van der Waals surface area contributed by atoms with Crippen molar-refractivity contribution < 1.29 is 0 Å². The second-order valence-electron chi connectivity index (χ2n) is 4.74. The number of nitriles is 1. The molecule has 3 rings (SSSR count). The Labute approximate surface area is 142 Å². The Hall–Kier alpha value is -2.91. The molecule has 0 radical (unpaired) electrons. The fourth-order valence-electron chi connectivity index (χ4n) is 2.02. The van der Waals surface area contributed by atoms with E-state index in [1.807, 2.05) is 36.4 Å². The zero-order chi connectivity index (χ0) is 16.1. The molecule has 1 heterocycles. The zero-order valence-electron chi connectivity index (χ0n) is 12.0. The summed E-state index contributed by atoms with van der Waals surface area (Å²) in [7, 11) is 0. The van der Waals surface area contributed by atoms with Gasteiger partial charge in [0.05, 0.1) is 11.6 Å². The molecular formula is C17H12BrN5. The van der Waals surface area contributed by atoms with E-state index < -0.39 is 0 Å². The molecule has 2 N–H and O–H groups in total. The van der Waals surface area contributed by atoms with Crippen LogP contribution in [0.1, 0.15) is 5.56 Å². The third-order valence-electron chi connectivity index (χ3n) is 3.03. The van der Waals surface area contributed by atoms with Gasteiger partial charge in [-0.15, -0.1) is 0 Å². The quantitative estimate of drug-likeness (QED) is 0.706. The van der Waals surface area contributed by atoms with Crippen LogP contribution in [0.3, 0.4) is 0 Å². The van der Waals surface area contributed by atoms with Gasteiger partial charge in [0.15, 0.2) is 0 Å². The SMILES string of the molecule is N#Cc1cccc(Nc2cc(Nc3cccc(Br)c3)ncn2)c1. The standard InChI is InChI=1S/C17H12BrN5/c18-13-4-2-6-15(8-13)23-17-9-16(20-11-21-17)22-14-5-1-3-12(7-14)10-19/h1-9,11H,(H2,20,21,22,23). The highest BCUT2D eigenvalue weighted by atomic mass is 79.9. The number of nitrogens with zero attached hydrogens (tertiary/aromatic N) is 3. The fourth-order valence-corrected chi connectivity index (χ4v) is 2.42. The molecule has 5 nitrogen and oxygen atoms in total. The predicted molar refractivity (Wildman–Crippen MR) is 93.9 cm³/mol. The van der Waals surface area contributed by atoms with Crippen molar-refractivity contribution >= 4 is 38.9 Å². The molecule has 3 aromatic rings. The first-order chi connectivity index (χ1) is 11.2. The average molecular weight is 366 g/mol. The van der Waals surface area contributed by atoms with Crippen molar-refractivity contribution in [3.05, 3.63) is 71.0 Å². The second kappa shape index (κ2) is 6.90. The van der Waals surface area contributed by atoms with Gasteiger partial charge in [0.1, 0.15) is 18.0 Å². The van der Waals surface area contributed by atoms with Gasteiger partial charge in [-0.1, -0.05) is 28.1 Å². The molecule has 0 atom stereocenters.